The second kappa shape index (κ2) is 22.5. The van der Waals surface area contributed by atoms with Crippen LogP contribution >= 0.6 is 0 Å². The Morgan fingerprint density at radius 1 is 0.700 bits per heavy atom. The molecule has 5 heteroatoms. The summed E-state index contributed by atoms with van der Waals surface area (Å²) in [5.41, 5.74) is 0. The summed E-state index contributed by atoms with van der Waals surface area (Å²) in [5.74, 6) is 0. The van der Waals surface area contributed by atoms with Gasteiger partial charge in [-0.05, 0) is 0 Å². The fourth-order valence-electron chi connectivity index (χ4n) is 0.321. The zero-order valence-electron chi connectivity index (χ0n) is 4.85. The van der Waals surface area contributed by atoms with Crippen LogP contribution in [0.2, 0.25) is 0 Å². The minimum Gasteiger partial charge on any atom is -1.00 e. The van der Waals surface area contributed by atoms with Crippen LogP contribution in [-0.4, -0.2) is 0 Å². The van der Waals surface area contributed by atoms with Gasteiger partial charge in [0.05, 0.1) is 0 Å². The normalized spacial score (nSPS) is 4.00. The van der Waals surface area contributed by atoms with E-state index in [2.05, 4.69) is 0 Å². The molecule has 0 aliphatic carbocycles. The number of hydrogen-bond acceptors (Lipinski definition) is 0. The van der Waals surface area contributed by atoms with Gasteiger partial charge in [0.25, 0.3) is 0 Å². The average Bonchev–Trinajstić information content (AvgIpc) is 1.76. The van der Waals surface area contributed by atoms with Crippen LogP contribution in [-0.2, 0) is 22.4 Å². The molecule has 0 saturated carbocycles. The monoisotopic (exact) mass is 298 g/mol. The van der Waals surface area contributed by atoms with Crippen molar-refractivity contribution in [3.63, 3.8) is 0 Å². The SMILES string of the molecule is [Cl-].[Cl-].[Cl-].[Cl-].[Nb+5].c1cc[cH-]c1. The molecular formula is C5H5Cl4Nb. The Morgan fingerprint density at radius 3 is 1.10 bits per heavy atom. The topological polar surface area (TPSA) is 0 Å². The van der Waals surface area contributed by atoms with Gasteiger partial charge in [0.2, 0.25) is 0 Å². The van der Waals surface area contributed by atoms with Gasteiger partial charge in [-0.15, -0.1) is 0 Å². The summed E-state index contributed by atoms with van der Waals surface area (Å²) in [6.07, 6.45) is 0. The van der Waals surface area contributed by atoms with Gasteiger partial charge in [-0.3, -0.25) is 0 Å². The molecule has 1 rings (SSSR count). The van der Waals surface area contributed by atoms with Gasteiger partial charge in [-0.1, -0.05) is 0 Å². The Kier molecular flexibility index (Phi) is 67.9. The van der Waals surface area contributed by atoms with E-state index >= 15 is 0 Å². The summed E-state index contributed by atoms with van der Waals surface area (Å²) in [7, 11) is 0. The van der Waals surface area contributed by atoms with Gasteiger partial charge in [0.15, 0.2) is 0 Å². The molecule has 0 radical (unpaired) electrons. The van der Waals surface area contributed by atoms with E-state index in [1.165, 1.54) is 0 Å². The summed E-state index contributed by atoms with van der Waals surface area (Å²) in [6, 6.07) is 10.0. The van der Waals surface area contributed by atoms with Gasteiger partial charge in [0, 0.05) is 0 Å². The Balaban J connectivity index is -0.0000000167. The zero-order valence-corrected chi connectivity index (χ0v) is 10.1. The molecule has 0 atom stereocenters. The molecule has 0 aromatic heterocycles. The second-order valence-corrected chi connectivity index (χ2v) is 0.962. The molecule has 0 N–H and O–H groups in total. The molecule has 1 aromatic carbocycles. The van der Waals surface area contributed by atoms with Crippen LogP contribution in [0.4, 0.5) is 0 Å². The molecule has 0 amide bonds. The van der Waals surface area contributed by atoms with Crippen LogP contribution in [0.15, 0.2) is 30.3 Å². The van der Waals surface area contributed by atoms with Crippen LogP contribution < -0.4 is 49.6 Å². The van der Waals surface area contributed by atoms with Crippen molar-refractivity contribution < 1.29 is 72.0 Å². The Morgan fingerprint density at radius 2 is 1.00 bits per heavy atom. The van der Waals surface area contributed by atoms with Gasteiger partial charge in [0.1, 0.15) is 0 Å². The van der Waals surface area contributed by atoms with Crippen molar-refractivity contribution >= 4 is 0 Å². The molecule has 0 spiro atoms. The number of rotatable bonds is 0. The van der Waals surface area contributed by atoms with E-state index in [0.29, 0.717) is 0 Å². The fourth-order valence-corrected chi connectivity index (χ4v) is 0.321. The van der Waals surface area contributed by atoms with Gasteiger partial charge < -0.3 is 49.6 Å². The van der Waals surface area contributed by atoms with Crippen LogP contribution in [0.25, 0.3) is 0 Å². The first kappa shape index (κ1) is 30.3. The first-order valence-corrected chi connectivity index (χ1v) is 1.67. The van der Waals surface area contributed by atoms with E-state index < -0.39 is 0 Å². The molecule has 0 fully saturated rings. The standard InChI is InChI=1S/C5H5.4ClH.Nb/c1-2-4-5-3-1;;;;;/h1-5H;4*1H;/q-1;;;;;+5/p-4. The van der Waals surface area contributed by atoms with Crippen LogP contribution in [0, 0.1) is 0 Å². The predicted molar refractivity (Wildman–Crippen MR) is 22.0 cm³/mol. The summed E-state index contributed by atoms with van der Waals surface area (Å²) >= 11 is 0. The summed E-state index contributed by atoms with van der Waals surface area (Å²) in [4.78, 5) is 0. The van der Waals surface area contributed by atoms with E-state index in [1.54, 1.807) is 0 Å². The predicted octanol–water partition coefficient (Wildman–Crippen LogP) is -10.6. The Hall–Kier alpha value is 1.25. The van der Waals surface area contributed by atoms with Crippen LogP contribution in [0.3, 0.4) is 0 Å². The largest absolute Gasteiger partial charge is 5.00 e. The van der Waals surface area contributed by atoms with E-state index in [1.807, 2.05) is 30.3 Å². The maximum Gasteiger partial charge on any atom is 5.00 e. The van der Waals surface area contributed by atoms with E-state index in [4.69, 9.17) is 0 Å². The van der Waals surface area contributed by atoms with Crippen LogP contribution in [0.5, 0.6) is 0 Å². The molecule has 1 aromatic rings. The van der Waals surface area contributed by atoms with Crippen molar-refractivity contribution in [2.75, 3.05) is 0 Å². The fraction of sp³-hybridized carbons (Fsp3) is 0. The van der Waals surface area contributed by atoms with E-state index in [9.17, 15) is 0 Å². The number of hydrogen-bond donors (Lipinski definition) is 0. The van der Waals surface area contributed by atoms with Crippen molar-refractivity contribution in [2.45, 2.75) is 0 Å². The summed E-state index contributed by atoms with van der Waals surface area (Å²) in [5, 5.41) is 0. The molecule has 0 unspecified atom stereocenters. The van der Waals surface area contributed by atoms with Gasteiger partial charge in [-0.2, -0.15) is 18.2 Å². The third-order valence-electron chi connectivity index (χ3n) is 0.556. The van der Waals surface area contributed by atoms with E-state index in [-0.39, 0.29) is 72.0 Å². The summed E-state index contributed by atoms with van der Waals surface area (Å²) < 4.78 is 0. The second-order valence-electron chi connectivity index (χ2n) is 0.962. The first-order valence-electron chi connectivity index (χ1n) is 1.67. The molecule has 0 nitrogen and oxygen atoms in total. The maximum atomic E-state index is 2.00. The average molecular weight is 300 g/mol. The van der Waals surface area contributed by atoms with Crippen molar-refractivity contribution in [2.24, 2.45) is 0 Å². The quantitative estimate of drug-likeness (QED) is 0.330. The van der Waals surface area contributed by atoms with Crippen molar-refractivity contribution in [1.29, 1.82) is 0 Å². The van der Waals surface area contributed by atoms with Crippen LogP contribution in [0.1, 0.15) is 0 Å². The molecular weight excluding hydrogens is 295 g/mol. The Bertz CT molecular complexity index is 70.1. The molecule has 0 heterocycles. The first-order chi connectivity index (χ1) is 2.50. The molecule has 10 heavy (non-hydrogen) atoms. The van der Waals surface area contributed by atoms with Gasteiger partial charge >= 0.3 is 22.4 Å². The third-order valence-corrected chi connectivity index (χ3v) is 0.556. The minimum absolute atomic E-state index is 0. The smallest absolute Gasteiger partial charge is 1.00 e. The summed E-state index contributed by atoms with van der Waals surface area (Å²) in [6.45, 7) is 0. The Labute approximate surface area is 102 Å². The molecule has 0 aliphatic heterocycles. The minimum atomic E-state index is 0. The molecule has 58 valence electrons. The van der Waals surface area contributed by atoms with E-state index in [0.717, 1.165) is 0 Å². The third kappa shape index (κ3) is 16.1. The molecule has 0 saturated heterocycles. The van der Waals surface area contributed by atoms with Gasteiger partial charge in [-0.25, -0.2) is 12.1 Å². The molecule has 0 aliphatic rings. The van der Waals surface area contributed by atoms with Crippen molar-refractivity contribution in [3.05, 3.63) is 30.3 Å². The zero-order chi connectivity index (χ0) is 3.54. The molecule has 0 bridgehead atoms. The van der Waals surface area contributed by atoms with Crippen molar-refractivity contribution in [1.82, 2.24) is 0 Å². The number of halogens is 4. The van der Waals surface area contributed by atoms with Crippen molar-refractivity contribution in [3.8, 4) is 0 Å². The maximum absolute atomic E-state index is 2.00.